The van der Waals surface area contributed by atoms with E-state index in [1.54, 1.807) is 7.05 Å². The van der Waals surface area contributed by atoms with Gasteiger partial charge in [0.25, 0.3) is 0 Å². The maximum Gasteiger partial charge on any atom is 0.213 e. The number of nitrogens with zero attached hydrogens (tertiary/aromatic N) is 2. The van der Waals surface area contributed by atoms with Crippen LogP contribution < -0.4 is 10.0 Å². The summed E-state index contributed by atoms with van der Waals surface area (Å²) in [6.45, 7) is 5.52. The van der Waals surface area contributed by atoms with Gasteiger partial charge < -0.3 is 15.0 Å². The number of hydrogen-bond donors (Lipinski definition) is 2. The predicted molar refractivity (Wildman–Crippen MR) is 137 cm³/mol. The normalized spacial score (nSPS) is 25.0. The third-order valence-corrected chi connectivity index (χ3v) is 7.45. The monoisotopic (exact) mass is 564 g/mol. The Labute approximate surface area is 204 Å². The number of hydrogen-bond acceptors (Lipinski definition) is 4. The fourth-order valence-corrected chi connectivity index (χ4v) is 5.38. The van der Waals surface area contributed by atoms with E-state index < -0.39 is 10.0 Å². The lowest BCUT2D eigenvalue weighted by molar-refractivity contribution is 0.0200. The molecule has 7 nitrogen and oxygen atoms in total. The van der Waals surface area contributed by atoms with E-state index in [1.807, 2.05) is 0 Å². The molecule has 1 aromatic carbocycles. The molecule has 176 valence electrons. The lowest BCUT2D eigenvalue weighted by atomic mass is 9.82. The van der Waals surface area contributed by atoms with Gasteiger partial charge in [-0.25, -0.2) is 13.1 Å². The molecule has 0 amide bonds. The van der Waals surface area contributed by atoms with E-state index in [0.717, 1.165) is 51.3 Å². The number of likely N-dealkylation sites (tertiary alicyclic amines) is 1. The molecule has 2 saturated heterocycles. The van der Waals surface area contributed by atoms with Crippen LogP contribution in [0.4, 0.5) is 0 Å². The molecule has 3 unspecified atom stereocenters. The van der Waals surface area contributed by atoms with Crippen molar-refractivity contribution < 1.29 is 13.2 Å². The van der Waals surface area contributed by atoms with Gasteiger partial charge in [-0.15, -0.1) is 24.0 Å². The number of sulfonamides is 1. The molecule has 2 heterocycles. The van der Waals surface area contributed by atoms with Crippen molar-refractivity contribution in [2.45, 2.75) is 44.6 Å². The van der Waals surface area contributed by atoms with E-state index >= 15 is 0 Å². The zero-order chi connectivity index (χ0) is 21.4. The van der Waals surface area contributed by atoms with E-state index in [-0.39, 0.29) is 35.8 Å². The molecule has 2 N–H and O–H groups in total. The SMILES string of the molecule is CN=C(NCCS(=O)(=O)NCC1CCCCO1)N1CCC(c2ccccc2)C(C)C1.I. The maximum absolute atomic E-state index is 12.3. The number of nitrogens with one attached hydrogen (secondary N) is 2. The molecule has 3 atom stereocenters. The van der Waals surface area contributed by atoms with Gasteiger partial charge in [0.15, 0.2) is 5.96 Å². The molecule has 31 heavy (non-hydrogen) atoms. The first-order valence-corrected chi connectivity index (χ1v) is 12.7. The van der Waals surface area contributed by atoms with Gasteiger partial charge in [-0.2, -0.15) is 0 Å². The lowest BCUT2D eigenvalue weighted by Gasteiger charge is -2.39. The Morgan fingerprint density at radius 1 is 1.23 bits per heavy atom. The smallest absolute Gasteiger partial charge is 0.213 e. The van der Waals surface area contributed by atoms with Crippen molar-refractivity contribution in [3.8, 4) is 0 Å². The third-order valence-electron chi connectivity index (χ3n) is 6.10. The minimum Gasteiger partial charge on any atom is -0.377 e. The number of rotatable bonds is 7. The summed E-state index contributed by atoms with van der Waals surface area (Å²) in [4.78, 5) is 6.62. The Morgan fingerprint density at radius 2 is 2.00 bits per heavy atom. The predicted octanol–water partition coefficient (Wildman–Crippen LogP) is 2.79. The van der Waals surface area contributed by atoms with Gasteiger partial charge >= 0.3 is 0 Å². The second-order valence-corrected chi connectivity index (χ2v) is 10.3. The quantitative estimate of drug-likeness (QED) is 0.303. The van der Waals surface area contributed by atoms with Gasteiger partial charge in [-0.05, 0) is 43.1 Å². The second-order valence-electron chi connectivity index (χ2n) is 8.36. The molecule has 9 heteroatoms. The highest BCUT2D eigenvalue weighted by atomic mass is 127. The molecule has 0 bridgehead atoms. The fraction of sp³-hybridized carbons (Fsp3) is 0.682. The number of ether oxygens (including phenoxy) is 1. The van der Waals surface area contributed by atoms with E-state index in [2.05, 4.69) is 57.2 Å². The lowest BCUT2D eigenvalue weighted by Crippen LogP contribution is -2.49. The Balaban J connectivity index is 0.00000341. The average Bonchev–Trinajstić information content (AvgIpc) is 2.77. The number of aliphatic imine (C=N–C) groups is 1. The minimum absolute atomic E-state index is 0. The molecule has 0 radical (unpaired) electrons. The van der Waals surface area contributed by atoms with Crippen LogP contribution in [0.5, 0.6) is 0 Å². The van der Waals surface area contributed by atoms with Crippen LogP contribution in [0.2, 0.25) is 0 Å². The molecule has 1 aromatic rings. The van der Waals surface area contributed by atoms with Crippen molar-refractivity contribution in [1.29, 1.82) is 0 Å². The van der Waals surface area contributed by atoms with Gasteiger partial charge in [0.05, 0.1) is 11.9 Å². The molecule has 0 saturated carbocycles. The molecule has 3 rings (SSSR count). The highest BCUT2D eigenvalue weighted by Crippen LogP contribution is 2.32. The van der Waals surface area contributed by atoms with Crippen molar-refractivity contribution in [3.05, 3.63) is 35.9 Å². The molecule has 2 fully saturated rings. The molecule has 2 aliphatic heterocycles. The van der Waals surface area contributed by atoms with Gasteiger partial charge in [-0.1, -0.05) is 37.3 Å². The number of benzene rings is 1. The summed E-state index contributed by atoms with van der Waals surface area (Å²) in [5.74, 6) is 1.85. The van der Waals surface area contributed by atoms with Gasteiger partial charge in [0.2, 0.25) is 10.0 Å². The van der Waals surface area contributed by atoms with Crippen molar-refractivity contribution in [2.75, 3.05) is 45.6 Å². The molecule has 0 spiro atoms. The minimum atomic E-state index is -3.34. The topological polar surface area (TPSA) is 83.0 Å². The van der Waals surface area contributed by atoms with E-state index in [1.165, 1.54) is 5.56 Å². The van der Waals surface area contributed by atoms with Crippen molar-refractivity contribution in [2.24, 2.45) is 10.9 Å². The number of guanidine groups is 1. The summed E-state index contributed by atoms with van der Waals surface area (Å²) in [7, 11) is -1.58. The van der Waals surface area contributed by atoms with Gasteiger partial charge in [0.1, 0.15) is 0 Å². The zero-order valence-corrected chi connectivity index (χ0v) is 21.8. The highest BCUT2D eigenvalue weighted by molar-refractivity contribution is 14.0. The third kappa shape index (κ3) is 8.18. The molecule has 2 aliphatic rings. The first-order chi connectivity index (χ1) is 14.5. The highest BCUT2D eigenvalue weighted by Gasteiger charge is 2.28. The molecular formula is C22H37IN4O3S. The van der Waals surface area contributed by atoms with Crippen LogP contribution in [0.15, 0.2) is 35.3 Å². The average molecular weight is 565 g/mol. The standard InChI is InChI=1S/C22H36N4O3S.HI/c1-18-17-26(13-11-21(18)19-8-4-3-5-9-19)22(23-2)24-12-15-30(27,28)25-16-20-10-6-7-14-29-20;/h3-5,8-9,18,20-21,25H,6-7,10-17H2,1-2H3,(H,23,24);1H. The van der Waals surface area contributed by atoms with E-state index in [9.17, 15) is 8.42 Å². The summed E-state index contributed by atoms with van der Waals surface area (Å²) >= 11 is 0. The molecule has 0 aliphatic carbocycles. The summed E-state index contributed by atoms with van der Waals surface area (Å²) in [6.07, 6.45) is 4.15. The maximum atomic E-state index is 12.3. The first-order valence-electron chi connectivity index (χ1n) is 11.1. The van der Waals surface area contributed by atoms with Crippen LogP contribution >= 0.6 is 24.0 Å². The van der Waals surface area contributed by atoms with Crippen molar-refractivity contribution >= 4 is 40.0 Å². The number of piperidine rings is 1. The summed E-state index contributed by atoms with van der Waals surface area (Å²) < 4.78 is 32.9. The molecule has 0 aromatic heterocycles. The summed E-state index contributed by atoms with van der Waals surface area (Å²) in [6, 6.07) is 10.7. The van der Waals surface area contributed by atoms with Crippen LogP contribution in [0.3, 0.4) is 0 Å². The first kappa shape index (κ1) is 26.3. The summed E-state index contributed by atoms with van der Waals surface area (Å²) in [5.41, 5.74) is 1.40. The number of halogens is 1. The Bertz CT molecular complexity index is 785. The van der Waals surface area contributed by atoms with Gasteiger partial charge in [-0.3, -0.25) is 4.99 Å². The largest absolute Gasteiger partial charge is 0.377 e. The van der Waals surface area contributed by atoms with Crippen LogP contribution in [-0.4, -0.2) is 71.0 Å². The molecular weight excluding hydrogens is 527 g/mol. The fourth-order valence-electron chi connectivity index (χ4n) is 4.42. The van der Waals surface area contributed by atoms with Crippen LogP contribution in [0.25, 0.3) is 0 Å². The second kappa shape index (κ2) is 13.0. The van der Waals surface area contributed by atoms with Crippen molar-refractivity contribution in [3.63, 3.8) is 0 Å². The van der Waals surface area contributed by atoms with Crippen LogP contribution in [0.1, 0.15) is 44.1 Å². The van der Waals surface area contributed by atoms with Crippen LogP contribution in [-0.2, 0) is 14.8 Å². The zero-order valence-electron chi connectivity index (χ0n) is 18.6. The van der Waals surface area contributed by atoms with E-state index in [0.29, 0.717) is 24.9 Å². The summed E-state index contributed by atoms with van der Waals surface area (Å²) in [5, 5.41) is 3.23. The van der Waals surface area contributed by atoms with Gasteiger partial charge in [0, 0.05) is 39.8 Å². The van der Waals surface area contributed by atoms with E-state index in [4.69, 9.17) is 4.74 Å². The van der Waals surface area contributed by atoms with Crippen molar-refractivity contribution in [1.82, 2.24) is 14.9 Å². The Kier molecular flexibility index (Phi) is 11.0. The van der Waals surface area contributed by atoms with Crippen LogP contribution in [0, 0.1) is 5.92 Å². The Morgan fingerprint density at radius 3 is 2.65 bits per heavy atom. The Hall–Kier alpha value is -0.910.